The SMILES string of the molecule is O=P#SCC(=O)O. The van der Waals surface area contributed by atoms with Gasteiger partial charge in [0.15, 0.2) is 0 Å². The molecule has 5 heteroatoms. The quantitative estimate of drug-likeness (QED) is 0.550. The third kappa shape index (κ3) is 5.92. The van der Waals surface area contributed by atoms with Gasteiger partial charge in [-0.25, -0.2) is 0 Å². The van der Waals surface area contributed by atoms with E-state index in [0.717, 1.165) is 10.7 Å². The second-order valence-electron chi connectivity index (χ2n) is 0.742. The van der Waals surface area contributed by atoms with Crippen LogP contribution in [0.15, 0.2) is 0 Å². The number of hydrogen-bond donors (Lipinski definition) is 1. The molecule has 0 unspecified atom stereocenters. The first kappa shape index (κ1) is 6.92. The van der Waals surface area contributed by atoms with Crippen LogP contribution >= 0.6 is 17.8 Å². The molecule has 40 valence electrons. The number of carboxylic acid groups (broad SMARTS) is 1. The van der Waals surface area contributed by atoms with E-state index >= 15 is 0 Å². The van der Waals surface area contributed by atoms with Crippen LogP contribution in [0.5, 0.6) is 0 Å². The Labute approximate surface area is 44.8 Å². The van der Waals surface area contributed by atoms with E-state index in [-0.39, 0.29) is 12.8 Å². The first-order valence-corrected chi connectivity index (χ1v) is 3.84. The molecule has 0 aliphatic carbocycles. The minimum absolute atomic E-state index is 0.0922. The molecule has 3 nitrogen and oxygen atoms in total. The Morgan fingerprint density at radius 2 is 2.43 bits per heavy atom. The summed E-state index contributed by atoms with van der Waals surface area (Å²) in [4.78, 5) is 9.59. The van der Waals surface area contributed by atoms with Crippen LogP contribution in [-0.4, -0.2) is 16.8 Å². The first-order valence-electron chi connectivity index (χ1n) is 1.44. The molecule has 1 N–H and O–H groups in total. The van der Waals surface area contributed by atoms with Crippen molar-refractivity contribution in [3.05, 3.63) is 0 Å². The van der Waals surface area contributed by atoms with E-state index in [9.17, 15) is 9.36 Å². The van der Waals surface area contributed by atoms with Gasteiger partial charge in [-0.15, -0.1) is 0 Å². The summed E-state index contributed by atoms with van der Waals surface area (Å²) in [6.45, 7) is 0. The molecule has 0 spiro atoms. The fourth-order valence-corrected chi connectivity index (χ4v) is 0.734. The topological polar surface area (TPSA) is 54.4 Å². The molecule has 0 saturated heterocycles. The van der Waals surface area contributed by atoms with Gasteiger partial charge in [0.25, 0.3) is 0 Å². The Morgan fingerprint density at radius 3 is 2.57 bits per heavy atom. The van der Waals surface area contributed by atoms with Gasteiger partial charge >= 0.3 is 44.0 Å². The van der Waals surface area contributed by atoms with Crippen LogP contribution in [-0.2, 0) is 9.36 Å². The second kappa shape index (κ2) is 4.09. The third-order valence-electron chi connectivity index (χ3n) is 0.241. The van der Waals surface area contributed by atoms with Crippen LogP contribution in [0, 0.1) is 0 Å². The standard InChI is InChI=1S/C2H3O3PS/c3-2(4)1-7-6-5/h1H2,(H,3,4). The molecule has 0 fully saturated rings. The van der Waals surface area contributed by atoms with Crippen LogP contribution in [0.2, 0.25) is 0 Å². The molecule has 0 aromatic rings. The van der Waals surface area contributed by atoms with Gasteiger partial charge in [0.05, 0.1) is 0 Å². The number of hydrogen-bond acceptors (Lipinski definition) is 2. The summed E-state index contributed by atoms with van der Waals surface area (Å²) in [5.74, 6) is -1.03. The van der Waals surface area contributed by atoms with Crippen molar-refractivity contribution in [1.29, 1.82) is 0 Å². The van der Waals surface area contributed by atoms with E-state index in [1.165, 1.54) is 0 Å². The predicted molar refractivity (Wildman–Crippen MR) is 27.7 cm³/mol. The Bertz CT molecular complexity index is 157. The zero-order valence-corrected chi connectivity index (χ0v) is 5.04. The van der Waals surface area contributed by atoms with Crippen LogP contribution in [0.4, 0.5) is 0 Å². The number of aliphatic carboxylic acids is 1. The van der Waals surface area contributed by atoms with E-state index < -0.39 is 5.97 Å². The average molecular weight is 138 g/mol. The van der Waals surface area contributed by atoms with E-state index in [0.29, 0.717) is 0 Å². The number of carboxylic acids is 1. The van der Waals surface area contributed by atoms with Gasteiger partial charge in [0.1, 0.15) is 0 Å². The molecule has 7 heavy (non-hydrogen) atoms. The maximum absolute atomic E-state index is 9.59. The zero-order chi connectivity index (χ0) is 5.70. The van der Waals surface area contributed by atoms with Crippen molar-refractivity contribution in [2.24, 2.45) is 0 Å². The second-order valence-corrected chi connectivity index (χ2v) is 2.66. The molecule has 0 aliphatic heterocycles. The van der Waals surface area contributed by atoms with Crippen molar-refractivity contribution in [3.8, 4) is 0 Å². The molecule has 0 atom stereocenters. The van der Waals surface area contributed by atoms with Crippen LogP contribution in [0.25, 0.3) is 0 Å². The summed E-state index contributed by atoms with van der Waals surface area (Å²) < 4.78 is 9.51. The number of rotatable bonds is 1. The van der Waals surface area contributed by atoms with Gasteiger partial charge in [0, 0.05) is 0 Å². The van der Waals surface area contributed by atoms with E-state index in [1.807, 2.05) is 0 Å². The van der Waals surface area contributed by atoms with Crippen molar-refractivity contribution in [1.82, 2.24) is 0 Å². The van der Waals surface area contributed by atoms with Gasteiger partial charge in [-0.2, -0.15) is 0 Å². The van der Waals surface area contributed by atoms with Crippen molar-refractivity contribution in [3.63, 3.8) is 0 Å². The third-order valence-corrected chi connectivity index (χ3v) is 1.43. The molecule has 0 aromatic carbocycles. The summed E-state index contributed by atoms with van der Waals surface area (Å²) in [6.07, 6.45) is 0. The minimum atomic E-state index is -0.937. The normalized spacial score (nSPS) is 7.43. The van der Waals surface area contributed by atoms with Crippen LogP contribution in [0.1, 0.15) is 0 Å². The molecule has 0 aromatic heterocycles. The maximum atomic E-state index is 9.59. The van der Waals surface area contributed by atoms with Crippen molar-refractivity contribution in [2.45, 2.75) is 0 Å². The van der Waals surface area contributed by atoms with Gasteiger partial charge in [-0.05, 0) is 0 Å². The molecular formula is C2H3O3PS. The monoisotopic (exact) mass is 138 g/mol. The fraction of sp³-hybridized carbons (Fsp3) is 0.500. The average Bonchev–Trinajstić information content (AvgIpc) is 1.61. The molecule has 0 aliphatic rings. The first-order chi connectivity index (χ1) is 3.27. The number of carbonyl (C=O) groups is 1. The molecule has 0 rings (SSSR count). The van der Waals surface area contributed by atoms with Gasteiger partial charge in [0.2, 0.25) is 0 Å². The van der Waals surface area contributed by atoms with Crippen LogP contribution < -0.4 is 0 Å². The predicted octanol–water partition coefficient (Wildman–Crippen LogP) is 1.01. The van der Waals surface area contributed by atoms with E-state index in [4.69, 9.17) is 5.11 Å². The molecule has 0 amide bonds. The van der Waals surface area contributed by atoms with E-state index in [1.54, 1.807) is 0 Å². The van der Waals surface area contributed by atoms with Crippen molar-refractivity contribution in [2.75, 3.05) is 5.75 Å². The molecule has 0 radical (unpaired) electrons. The van der Waals surface area contributed by atoms with Gasteiger partial charge < -0.3 is 0 Å². The summed E-state index contributed by atoms with van der Waals surface area (Å²) in [5.41, 5.74) is 0. The van der Waals surface area contributed by atoms with Gasteiger partial charge in [-0.3, -0.25) is 0 Å². The fourth-order valence-electron chi connectivity index (χ4n) is 0.0816. The Hall–Kier alpha value is -0.0800. The van der Waals surface area contributed by atoms with Crippen LogP contribution in [0.3, 0.4) is 0 Å². The Balaban J connectivity index is 3.47. The summed E-state index contributed by atoms with van der Waals surface area (Å²) in [5, 5.41) is 7.88. The van der Waals surface area contributed by atoms with Gasteiger partial charge in [-0.1, -0.05) is 0 Å². The summed E-state index contributed by atoms with van der Waals surface area (Å²) in [7, 11) is 0.659. The molecule has 0 heterocycles. The van der Waals surface area contributed by atoms with Crippen molar-refractivity contribution >= 4 is 23.7 Å². The molecular weight excluding hydrogens is 135 g/mol. The Morgan fingerprint density at radius 1 is 1.86 bits per heavy atom. The molecule has 0 saturated carbocycles. The molecule has 0 bridgehead atoms. The van der Waals surface area contributed by atoms with Crippen molar-refractivity contribution < 1.29 is 14.5 Å². The zero-order valence-electron chi connectivity index (χ0n) is 3.33. The summed E-state index contributed by atoms with van der Waals surface area (Å²) >= 11 is 0. The summed E-state index contributed by atoms with van der Waals surface area (Å²) in [6, 6.07) is 0. The van der Waals surface area contributed by atoms with E-state index in [2.05, 4.69) is 0 Å². The Kier molecular flexibility index (Phi) is 4.04.